The molecule has 2 aromatic carbocycles. The lowest BCUT2D eigenvalue weighted by Crippen LogP contribution is -2.27. The molecule has 1 aliphatic carbocycles. The number of Topliss-reactive ketones (excluding diaryl/α,β-unsaturated/α-hetero) is 1. The van der Waals surface area contributed by atoms with Crippen molar-refractivity contribution in [3.63, 3.8) is 0 Å². The number of carbonyl (C=O) groups is 2. The van der Waals surface area contributed by atoms with Crippen molar-refractivity contribution in [1.29, 1.82) is 0 Å². The minimum atomic E-state index is -0.565. The molecule has 0 saturated carbocycles. The molecule has 4 rings (SSSR count). The molecule has 0 atom stereocenters. The summed E-state index contributed by atoms with van der Waals surface area (Å²) in [5.74, 6) is -0.589. The highest BCUT2D eigenvalue weighted by Crippen LogP contribution is 2.37. The first-order valence-electron chi connectivity index (χ1n) is 10.8. The second-order valence-electron chi connectivity index (χ2n) is 9.13. The van der Waals surface area contributed by atoms with Crippen molar-refractivity contribution < 1.29 is 14.3 Å². The molecule has 1 aromatic heterocycles. The molecule has 0 fully saturated rings. The van der Waals surface area contributed by atoms with E-state index >= 15 is 0 Å². The summed E-state index contributed by atoms with van der Waals surface area (Å²) < 4.78 is 5.51. The smallest absolute Gasteiger partial charge is 0.339 e. The molecular weight excluding hydrogens is 422 g/mol. The number of esters is 1. The highest BCUT2D eigenvalue weighted by atomic mass is 35.5. The monoisotopic (exact) mass is 447 g/mol. The number of pyridine rings is 1. The van der Waals surface area contributed by atoms with E-state index in [9.17, 15) is 9.59 Å². The van der Waals surface area contributed by atoms with Crippen molar-refractivity contribution in [2.75, 3.05) is 6.61 Å². The van der Waals surface area contributed by atoms with Crippen molar-refractivity contribution in [2.24, 2.45) is 5.41 Å². The summed E-state index contributed by atoms with van der Waals surface area (Å²) in [4.78, 5) is 30.5. The molecule has 3 aromatic rings. The number of fused-ring (bicyclic) bond motifs is 2. The lowest BCUT2D eigenvalue weighted by atomic mass is 9.86. The maximum atomic E-state index is 13.2. The van der Waals surface area contributed by atoms with Crippen LogP contribution in [-0.4, -0.2) is 23.3 Å². The van der Waals surface area contributed by atoms with Gasteiger partial charge in [0.1, 0.15) is 0 Å². The Labute approximate surface area is 193 Å². The zero-order valence-corrected chi connectivity index (χ0v) is 19.3. The Kier molecular flexibility index (Phi) is 6.16. The normalized spacial score (nSPS) is 14.9. The molecule has 0 N–H and O–H groups in total. The molecule has 5 heteroatoms. The van der Waals surface area contributed by atoms with Gasteiger partial charge in [0.2, 0.25) is 0 Å². The average molecular weight is 448 g/mol. The predicted octanol–water partition coefficient (Wildman–Crippen LogP) is 6.54. The summed E-state index contributed by atoms with van der Waals surface area (Å²) in [6, 6.07) is 15.3. The first kappa shape index (κ1) is 22.2. The van der Waals surface area contributed by atoms with E-state index in [4.69, 9.17) is 21.3 Å². The zero-order valence-electron chi connectivity index (χ0n) is 18.6. The summed E-state index contributed by atoms with van der Waals surface area (Å²) in [6.45, 7) is 5.21. The van der Waals surface area contributed by atoms with Gasteiger partial charge < -0.3 is 4.74 Å². The van der Waals surface area contributed by atoms with Crippen LogP contribution in [0, 0.1) is 5.41 Å². The van der Waals surface area contributed by atoms with E-state index in [1.807, 2.05) is 69.3 Å². The molecule has 32 heavy (non-hydrogen) atoms. The average Bonchev–Trinajstić information content (AvgIpc) is 2.76. The Morgan fingerprint density at radius 3 is 2.53 bits per heavy atom. The van der Waals surface area contributed by atoms with Crippen LogP contribution < -0.4 is 0 Å². The molecule has 1 aliphatic rings. The van der Waals surface area contributed by atoms with Crippen LogP contribution in [0.15, 0.2) is 48.5 Å². The molecule has 0 bridgehead atoms. The fourth-order valence-electron chi connectivity index (χ4n) is 3.91. The van der Waals surface area contributed by atoms with Gasteiger partial charge in [-0.1, -0.05) is 68.8 Å². The van der Waals surface area contributed by atoms with Crippen LogP contribution in [0.4, 0.5) is 0 Å². The van der Waals surface area contributed by atoms with Crippen LogP contribution in [0.2, 0.25) is 5.02 Å². The fraction of sp³-hybridized carbons (Fsp3) is 0.296. The number of ether oxygens (including phenoxy) is 1. The van der Waals surface area contributed by atoms with Crippen molar-refractivity contribution in [3.05, 3.63) is 75.9 Å². The number of hydrogen-bond donors (Lipinski definition) is 0. The molecule has 0 amide bonds. The predicted molar refractivity (Wildman–Crippen MR) is 129 cm³/mol. The second kappa shape index (κ2) is 8.87. The number of para-hydroxylation sites is 1. The molecular formula is C27H26ClNO3. The van der Waals surface area contributed by atoms with Crippen LogP contribution >= 0.6 is 11.6 Å². The molecule has 0 spiro atoms. The number of aromatic nitrogens is 1. The molecule has 4 nitrogen and oxygen atoms in total. The number of allylic oxidation sites excluding steroid dienone is 1. The van der Waals surface area contributed by atoms with Crippen molar-refractivity contribution in [3.8, 4) is 0 Å². The second-order valence-corrected chi connectivity index (χ2v) is 9.53. The van der Waals surface area contributed by atoms with Gasteiger partial charge in [-0.05, 0) is 54.2 Å². The van der Waals surface area contributed by atoms with Gasteiger partial charge in [0.05, 0.1) is 16.8 Å². The summed E-state index contributed by atoms with van der Waals surface area (Å²) in [6.07, 6.45) is 4.52. The van der Waals surface area contributed by atoms with E-state index in [-0.39, 0.29) is 12.4 Å². The summed E-state index contributed by atoms with van der Waals surface area (Å²) in [5, 5.41) is 1.42. The van der Waals surface area contributed by atoms with E-state index in [2.05, 4.69) is 6.08 Å². The van der Waals surface area contributed by atoms with Crippen LogP contribution in [0.3, 0.4) is 0 Å². The van der Waals surface area contributed by atoms with Gasteiger partial charge in [-0.2, -0.15) is 0 Å². The number of rotatable bonds is 4. The summed E-state index contributed by atoms with van der Waals surface area (Å²) in [5.41, 5.74) is 4.33. The Morgan fingerprint density at radius 2 is 1.78 bits per heavy atom. The molecule has 0 aliphatic heterocycles. The van der Waals surface area contributed by atoms with Crippen LogP contribution in [0.5, 0.6) is 0 Å². The zero-order chi connectivity index (χ0) is 22.9. The third-order valence-electron chi connectivity index (χ3n) is 5.78. The van der Waals surface area contributed by atoms with Crippen LogP contribution in [0.1, 0.15) is 60.8 Å². The Bertz CT molecular complexity index is 1240. The van der Waals surface area contributed by atoms with Crippen LogP contribution in [-0.2, 0) is 16.0 Å². The van der Waals surface area contributed by atoms with E-state index < -0.39 is 11.4 Å². The lowest BCUT2D eigenvalue weighted by molar-refractivity contribution is -0.129. The number of nitrogens with zero attached hydrogens (tertiary/aromatic N) is 1. The summed E-state index contributed by atoms with van der Waals surface area (Å²) >= 11 is 6.38. The van der Waals surface area contributed by atoms with Gasteiger partial charge in [-0.3, -0.25) is 4.79 Å². The fourth-order valence-corrected chi connectivity index (χ4v) is 4.10. The topological polar surface area (TPSA) is 56.3 Å². The minimum absolute atomic E-state index is 0.114. The van der Waals surface area contributed by atoms with Gasteiger partial charge in [-0.15, -0.1) is 0 Å². The quantitative estimate of drug-likeness (QED) is 0.426. The van der Waals surface area contributed by atoms with Crippen molar-refractivity contribution in [1.82, 2.24) is 4.98 Å². The molecule has 0 saturated heterocycles. The van der Waals surface area contributed by atoms with E-state index in [0.29, 0.717) is 10.6 Å². The van der Waals surface area contributed by atoms with E-state index in [1.165, 1.54) is 0 Å². The third kappa shape index (κ3) is 4.46. The molecule has 0 unspecified atom stereocenters. The van der Waals surface area contributed by atoms with Crippen molar-refractivity contribution >= 4 is 45.9 Å². The Balaban J connectivity index is 1.81. The number of carbonyl (C=O) groups excluding carboxylic acids is 2. The first-order chi connectivity index (χ1) is 15.3. The SMILES string of the molecule is CC(C)(C)C(=O)COC(=O)c1c2c(nc3ccccc13)/C(=C/c1ccccc1Cl)CCC2. The highest BCUT2D eigenvalue weighted by Gasteiger charge is 2.28. The third-order valence-corrected chi connectivity index (χ3v) is 6.12. The largest absolute Gasteiger partial charge is 0.454 e. The summed E-state index contributed by atoms with van der Waals surface area (Å²) in [7, 11) is 0. The number of ketones is 1. The van der Waals surface area contributed by atoms with Crippen molar-refractivity contribution in [2.45, 2.75) is 40.0 Å². The Morgan fingerprint density at radius 1 is 1.06 bits per heavy atom. The van der Waals surface area contributed by atoms with Gasteiger partial charge in [0, 0.05) is 15.8 Å². The van der Waals surface area contributed by atoms with E-state index in [1.54, 1.807) is 0 Å². The molecule has 0 radical (unpaired) electrons. The maximum absolute atomic E-state index is 13.2. The van der Waals surface area contributed by atoms with Gasteiger partial charge in [0.15, 0.2) is 12.4 Å². The van der Waals surface area contributed by atoms with Gasteiger partial charge >= 0.3 is 5.97 Å². The lowest BCUT2D eigenvalue weighted by Gasteiger charge is -2.23. The van der Waals surface area contributed by atoms with Gasteiger partial charge in [-0.25, -0.2) is 9.78 Å². The highest BCUT2D eigenvalue weighted by molar-refractivity contribution is 6.32. The van der Waals surface area contributed by atoms with Crippen LogP contribution in [0.25, 0.3) is 22.6 Å². The first-order valence-corrected chi connectivity index (χ1v) is 11.2. The Hall–Kier alpha value is -2.98. The van der Waals surface area contributed by atoms with Gasteiger partial charge in [0.25, 0.3) is 0 Å². The minimum Gasteiger partial charge on any atom is -0.454 e. The number of halogens is 1. The molecule has 164 valence electrons. The maximum Gasteiger partial charge on any atom is 0.339 e. The van der Waals surface area contributed by atoms with E-state index in [0.717, 1.165) is 52.6 Å². The molecule has 1 heterocycles. The number of hydrogen-bond acceptors (Lipinski definition) is 4. The number of benzene rings is 2. The standard InChI is InChI=1S/C27H26ClNO3/c1-27(2,3)23(30)16-32-26(31)24-19-11-5-7-14-22(19)29-25-18(10-8-12-20(24)25)15-17-9-4-6-13-21(17)28/h4-7,9,11,13-15H,8,10,12,16H2,1-3H3/b18-15+.